The number of nitrogens with one attached hydrogen (secondary N) is 2. The zero-order valence-corrected chi connectivity index (χ0v) is 14.8. The van der Waals surface area contributed by atoms with Crippen molar-refractivity contribution >= 4 is 6.03 Å². The van der Waals surface area contributed by atoms with Crippen molar-refractivity contribution in [2.45, 2.75) is 60.1 Å². The Bertz CT molecular complexity index is 517. The van der Waals surface area contributed by atoms with Crippen LogP contribution in [0, 0.1) is 19.3 Å². The van der Waals surface area contributed by atoms with Crippen molar-refractivity contribution in [2.24, 2.45) is 12.5 Å². The number of amides is 2. The highest BCUT2D eigenvalue weighted by atomic mass is 16.3. The highest BCUT2D eigenvalue weighted by molar-refractivity contribution is 5.74. The number of nitrogens with zero attached hydrogens (tertiary/aromatic N) is 2. The summed E-state index contributed by atoms with van der Waals surface area (Å²) in [6.45, 7) is 12.0. The van der Waals surface area contributed by atoms with E-state index in [-0.39, 0.29) is 24.0 Å². The van der Waals surface area contributed by atoms with E-state index in [0.29, 0.717) is 0 Å². The molecule has 2 atom stereocenters. The summed E-state index contributed by atoms with van der Waals surface area (Å²) in [6, 6.07) is -0.349. The highest BCUT2D eigenvalue weighted by Crippen LogP contribution is 2.23. The van der Waals surface area contributed by atoms with Crippen molar-refractivity contribution in [3.63, 3.8) is 0 Å². The normalized spacial score (nSPS) is 14.5. The van der Waals surface area contributed by atoms with Gasteiger partial charge in [-0.1, -0.05) is 27.7 Å². The third kappa shape index (κ3) is 4.47. The quantitative estimate of drug-likeness (QED) is 0.780. The number of carbonyl (C=O) groups excluding carboxylic acids is 1. The molecule has 1 rings (SSSR count). The Balaban J connectivity index is 2.69. The third-order valence-corrected chi connectivity index (χ3v) is 4.08. The number of hydrogen-bond acceptors (Lipinski definition) is 3. The van der Waals surface area contributed by atoms with Gasteiger partial charge in [0.1, 0.15) is 0 Å². The Morgan fingerprint density at radius 1 is 1.36 bits per heavy atom. The fourth-order valence-electron chi connectivity index (χ4n) is 2.38. The lowest BCUT2D eigenvalue weighted by molar-refractivity contribution is 0.0649. The van der Waals surface area contributed by atoms with E-state index in [2.05, 4.69) is 15.7 Å². The fourth-order valence-corrected chi connectivity index (χ4v) is 2.38. The predicted molar refractivity (Wildman–Crippen MR) is 87.7 cm³/mol. The van der Waals surface area contributed by atoms with Crippen LogP contribution < -0.4 is 10.6 Å². The molecule has 6 heteroatoms. The zero-order valence-electron chi connectivity index (χ0n) is 14.8. The molecule has 0 saturated heterocycles. The molecule has 126 valence electrons. The van der Waals surface area contributed by atoms with Gasteiger partial charge in [-0.2, -0.15) is 5.10 Å². The zero-order chi connectivity index (χ0) is 17.1. The standard InChI is InChI=1S/C16H30N4O2/c1-8-12(14-10(2)19-20(7)11(14)3)18-15(22)17-9-13(21)16(4,5)6/h12-13,21H,8-9H2,1-7H3,(H2,17,18,22). The second-order valence-electron chi connectivity index (χ2n) is 6.91. The van der Waals surface area contributed by atoms with Gasteiger partial charge in [0, 0.05) is 24.8 Å². The first-order valence-electron chi connectivity index (χ1n) is 7.80. The minimum Gasteiger partial charge on any atom is -0.391 e. The molecule has 2 amide bonds. The summed E-state index contributed by atoms with van der Waals surface area (Å²) in [5.74, 6) is 0. The van der Waals surface area contributed by atoms with E-state index in [4.69, 9.17) is 0 Å². The minimum absolute atomic E-state index is 0.0829. The molecule has 3 N–H and O–H groups in total. The highest BCUT2D eigenvalue weighted by Gasteiger charge is 2.24. The molecule has 0 radical (unpaired) electrons. The monoisotopic (exact) mass is 310 g/mol. The molecule has 1 aromatic heterocycles. The SMILES string of the molecule is CCC(NC(=O)NCC(O)C(C)(C)C)c1c(C)nn(C)c1C. The fraction of sp³-hybridized carbons (Fsp3) is 0.750. The Kier molecular flexibility index (Phi) is 6.00. The van der Waals surface area contributed by atoms with E-state index in [1.54, 1.807) is 0 Å². The largest absolute Gasteiger partial charge is 0.391 e. The van der Waals surface area contributed by atoms with Crippen molar-refractivity contribution in [3.8, 4) is 0 Å². The Hall–Kier alpha value is -1.56. The van der Waals surface area contributed by atoms with Gasteiger partial charge in [-0.05, 0) is 25.7 Å². The van der Waals surface area contributed by atoms with Gasteiger partial charge in [-0.3, -0.25) is 4.68 Å². The number of urea groups is 1. The summed E-state index contributed by atoms with van der Waals surface area (Å²) in [4.78, 5) is 12.1. The number of aliphatic hydroxyl groups excluding tert-OH is 1. The van der Waals surface area contributed by atoms with Crippen molar-refractivity contribution in [3.05, 3.63) is 17.0 Å². The van der Waals surface area contributed by atoms with Crippen LogP contribution in [0.25, 0.3) is 0 Å². The molecule has 0 spiro atoms. The molecule has 0 saturated carbocycles. The second-order valence-corrected chi connectivity index (χ2v) is 6.91. The van der Waals surface area contributed by atoms with Crippen LogP contribution in [-0.4, -0.2) is 33.6 Å². The molecule has 0 aliphatic rings. The summed E-state index contributed by atoms with van der Waals surface area (Å²) in [5.41, 5.74) is 2.80. The molecule has 1 heterocycles. The minimum atomic E-state index is -0.583. The lowest BCUT2D eigenvalue weighted by Crippen LogP contribution is -2.44. The maximum absolute atomic E-state index is 12.1. The number of carbonyl (C=O) groups is 1. The van der Waals surface area contributed by atoms with Gasteiger partial charge < -0.3 is 15.7 Å². The first-order valence-corrected chi connectivity index (χ1v) is 7.80. The average molecular weight is 310 g/mol. The lowest BCUT2D eigenvalue weighted by Gasteiger charge is -2.26. The van der Waals surface area contributed by atoms with Crippen LogP contribution in [-0.2, 0) is 7.05 Å². The van der Waals surface area contributed by atoms with Crippen LogP contribution in [0.2, 0.25) is 0 Å². The Morgan fingerprint density at radius 2 is 1.95 bits per heavy atom. The molecular weight excluding hydrogens is 280 g/mol. The maximum atomic E-state index is 12.1. The van der Waals surface area contributed by atoms with Gasteiger partial charge in [0.25, 0.3) is 0 Å². The van der Waals surface area contributed by atoms with Gasteiger partial charge in [0.15, 0.2) is 0 Å². The average Bonchev–Trinajstić information content (AvgIpc) is 2.66. The van der Waals surface area contributed by atoms with Crippen LogP contribution in [0.3, 0.4) is 0 Å². The molecule has 0 aliphatic heterocycles. The molecule has 6 nitrogen and oxygen atoms in total. The van der Waals surface area contributed by atoms with Crippen molar-refractivity contribution in [1.29, 1.82) is 0 Å². The van der Waals surface area contributed by atoms with Crippen LogP contribution in [0.4, 0.5) is 4.79 Å². The molecule has 22 heavy (non-hydrogen) atoms. The van der Waals surface area contributed by atoms with Crippen molar-refractivity contribution < 1.29 is 9.90 Å². The van der Waals surface area contributed by atoms with Gasteiger partial charge in [-0.25, -0.2) is 4.79 Å². The number of rotatable bonds is 5. The Labute approximate surface area is 133 Å². The lowest BCUT2D eigenvalue weighted by atomic mass is 9.89. The number of aromatic nitrogens is 2. The van der Waals surface area contributed by atoms with Gasteiger partial charge in [0.2, 0.25) is 0 Å². The van der Waals surface area contributed by atoms with E-state index in [9.17, 15) is 9.90 Å². The third-order valence-electron chi connectivity index (χ3n) is 4.08. The van der Waals surface area contributed by atoms with Crippen LogP contribution in [0.15, 0.2) is 0 Å². The predicted octanol–water partition coefficient (Wildman–Crippen LogP) is 2.19. The van der Waals surface area contributed by atoms with E-state index in [0.717, 1.165) is 23.4 Å². The van der Waals surface area contributed by atoms with Crippen LogP contribution in [0.5, 0.6) is 0 Å². The van der Waals surface area contributed by atoms with Crippen LogP contribution in [0.1, 0.15) is 57.1 Å². The molecular formula is C16H30N4O2. The number of aryl methyl sites for hydroxylation is 2. The Morgan fingerprint density at radius 3 is 2.36 bits per heavy atom. The van der Waals surface area contributed by atoms with Crippen molar-refractivity contribution in [2.75, 3.05) is 6.54 Å². The molecule has 0 aromatic carbocycles. The second kappa shape index (κ2) is 7.13. The molecule has 0 fully saturated rings. The van der Waals surface area contributed by atoms with Crippen molar-refractivity contribution in [1.82, 2.24) is 20.4 Å². The molecule has 0 bridgehead atoms. The van der Waals surface area contributed by atoms with E-state index in [1.807, 2.05) is 53.3 Å². The van der Waals surface area contributed by atoms with E-state index in [1.165, 1.54) is 0 Å². The summed E-state index contributed by atoms with van der Waals surface area (Å²) in [6.07, 6.45) is 0.197. The molecule has 1 aromatic rings. The summed E-state index contributed by atoms with van der Waals surface area (Å²) >= 11 is 0. The first kappa shape index (κ1) is 18.5. The van der Waals surface area contributed by atoms with Gasteiger partial charge >= 0.3 is 6.03 Å². The number of aliphatic hydroxyl groups is 1. The van der Waals surface area contributed by atoms with Crippen LogP contribution >= 0.6 is 0 Å². The maximum Gasteiger partial charge on any atom is 0.315 e. The van der Waals surface area contributed by atoms with E-state index < -0.39 is 6.10 Å². The topological polar surface area (TPSA) is 79.2 Å². The molecule has 0 aliphatic carbocycles. The van der Waals surface area contributed by atoms with E-state index >= 15 is 0 Å². The number of hydrogen-bond donors (Lipinski definition) is 3. The molecule has 2 unspecified atom stereocenters. The summed E-state index contributed by atoms with van der Waals surface area (Å²) < 4.78 is 1.83. The van der Waals surface area contributed by atoms with Gasteiger partial charge in [-0.15, -0.1) is 0 Å². The summed E-state index contributed by atoms with van der Waals surface area (Å²) in [5, 5.41) is 20.1. The van der Waals surface area contributed by atoms with Gasteiger partial charge in [0.05, 0.1) is 17.8 Å². The first-order chi connectivity index (χ1) is 10.1. The summed E-state index contributed by atoms with van der Waals surface area (Å²) in [7, 11) is 1.90. The smallest absolute Gasteiger partial charge is 0.315 e.